The van der Waals surface area contributed by atoms with Crippen LogP contribution in [0.25, 0.3) is 0 Å². The molecule has 0 aliphatic carbocycles. The summed E-state index contributed by atoms with van der Waals surface area (Å²) in [5.41, 5.74) is 2.69. The molecule has 0 spiro atoms. The molecular formula is C18H13Cl8NSi3. The predicted octanol–water partition coefficient (Wildman–Crippen LogP) is 6.79. The molecular weight excluding hydrogens is 598 g/mol. The van der Waals surface area contributed by atoms with Crippen LogP contribution in [0.3, 0.4) is 0 Å². The molecule has 0 saturated carbocycles. The van der Waals surface area contributed by atoms with Crippen LogP contribution < -0.4 is 20.5 Å². The van der Waals surface area contributed by atoms with Crippen molar-refractivity contribution in [2.45, 2.75) is 0 Å². The van der Waals surface area contributed by atoms with Crippen molar-refractivity contribution >= 4 is 141 Å². The third-order valence-corrected chi connectivity index (χ3v) is 12.6. The van der Waals surface area contributed by atoms with E-state index in [1.165, 1.54) is 0 Å². The molecule has 0 aliphatic rings. The van der Waals surface area contributed by atoms with Crippen molar-refractivity contribution in [3.05, 3.63) is 72.8 Å². The van der Waals surface area contributed by atoms with E-state index in [2.05, 4.69) is 4.90 Å². The maximum absolute atomic E-state index is 6.13. The standard InChI is InChI=1S/C18H13Cl8NSi3/c19-28(20)16-7-1-13(2-8-16)27(14-3-9-17(10-4-14)29(21,22)23)15-5-11-18(12-6-15)30(24,25)26/h1-12,28H. The minimum absolute atomic E-state index is 0.710. The van der Waals surface area contributed by atoms with Gasteiger partial charge in [-0.05, 0) is 52.0 Å². The van der Waals surface area contributed by atoms with E-state index in [9.17, 15) is 0 Å². The van der Waals surface area contributed by atoms with Crippen LogP contribution in [0.15, 0.2) is 72.8 Å². The molecule has 0 fully saturated rings. The van der Waals surface area contributed by atoms with Gasteiger partial charge in [0.2, 0.25) is 0 Å². The number of hydrogen-bond acceptors (Lipinski definition) is 1. The highest BCUT2D eigenvalue weighted by atomic mass is 35.8. The van der Waals surface area contributed by atoms with Crippen LogP contribution >= 0.6 is 88.6 Å². The van der Waals surface area contributed by atoms with Gasteiger partial charge in [-0.1, -0.05) is 36.4 Å². The van der Waals surface area contributed by atoms with Gasteiger partial charge in [-0.15, -0.1) is 88.6 Å². The molecule has 3 aromatic rings. The van der Waals surface area contributed by atoms with Crippen molar-refractivity contribution in [3.8, 4) is 0 Å². The number of anilines is 3. The van der Waals surface area contributed by atoms with E-state index in [-0.39, 0.29) is 0 Å². The third kappa shape index (κ3) is 6.27. The topological polar surface area (TPSA) is 3.24 Å². The zero-order valence-electron chi connectivity index (χ0n) is 15.0. The highest BCUT2D eigenvalue weighted by molar-refractivity contribution is 7.70. The average molecular weight is 611 g/mol. The lowest BCUT2D eigenvalue weighted by atomic mass is 10.2. The number of rotatable bonds is 6. The van der Waals surface area contributed by atoms with Crippen LogP contribution in [-0.4, -0.2) is 19.4 Å². The molecule has 3 rings (SSSR count). The van der Waals surface area contributed by atoms with Crippen LogP contribution in [0.1, 0.15) is 0 Å². The number of hydrogen-bond donors (Lipinski definition) is 0. The minimum Gasteiger partial charge on any atom is -0.311 e. The quantitative estimate of drug-likeness (QED) is 0.220. The van der Waals surface area contributed by atoms with E-state index >= 15 is 0 Å². The number of benzene rings is 3. The molecule has 12 heteroatoms. The van der Waals surface area contributed by atoms with Crippen LogP contribution in [-0.2, 0) is 0 Å². The summed E-state index contributed by atoms with van der Waals surface area (Å²) < 4.78 is 0. The van der Waals surface area contributed by atoms with Crippen molar-refractivity contribution in [1.82, 2.24) is 0 Å². The van der Waals surface area contributed by atoms with Gasteiger partial charge in [-0.3, -0.25) is 0 Å². The van der Waals surface area contributed by atoms with Crippen molar-refractivity contribution in [2.24, 2.45) is 0 Å². The Hall–Kier alpha value is 0.431. The fourth-order valence-corrected chi connectivity index (χ4v) is 7.53. The Morgan fingerprint density at radius 3 is 1.07 bits per heavy atom. The SMILES string of the molecule is Cl[SiH](Cl)c1ccc(N(c2ccc([Si](Cl)(Cl)Cl)cc2)c2ccc([Si](Cl)(Cl)Cl)cc2)cc1. The Labute approximate surface area is 216 Å². The fraction of sp³-hybridized carbons (Fsp3) is 0. The lowest BCUT2D eigenvalue weighted by Crippen LogP contribution is -2.30. The Bertz CT molecular complexity index is 927. The zero-order chi connectivity index (χ0) is 22.1. The van der Waals surface area contributed by atoms with E-state index in [0.717, 1.165) is 22.2 Å². The number of nitrogens with zero attached hydrogens (tertiary/aromatic N) is 1. The van der Waals surface area contributed by atoms with E-state index in [0.29, 0.717) is 10.4 Å². The van der Waals surface area contributed by atoms with E-state index < -0.39 is 19.4 Å². The second-order valence-electron chi connectivity index (χ2n) is 6.32. The van der Waals surface area contributed by atoms with Crippen molar-refractivity contribution in [3.63, 3.8) is 0 Å². The van der Waals surface area contributed by atoms with E-state index in [1.807, 2.05) is 72.8 Å². The summed E-state index contributed by atoms with van der Waals surface area (Å²) in [6.07, 6.45) is 0. The molecule has 0 aromatic heterocycles. The first-order valence-corrected chi connectivity index (χ1v) is 22.6. The highest BCUT2D eigenvalue weighted by Gasteiger charge is 2.29. The van der Waals surface area contributed by atoms with Gasteiger partial charge >= 0.3 is 12.0 Å². The molecule has 158 valence electrons. The monoisotopic (exact) mass is 607 g/mol. The predicted molar refractivity (Wildman–Crippen MR) is 146 cm³/mol. The second kappa shape index (κ2) is 10.1. The first-order chi connectivity index (χ1) is 14.0. The summed E-state index contributed by atoms with van der Waals surface area (Å²) in [7, 11) is -1.93. The van der Waals surface area contributed by atoms with Gasteiger partial charge in [0.05, 0.1) is 0 Å². The number of halogens is 8. The Morgan fingerprint density at radius 1 is 0.500 bits per heavy atom. The lowest BCUT2D eigenvalue weighted by molar-refractivity contribution is 1.29. The summed E-state index contributed by atoms with van der Waals surface area (Å²) in [5, 5.41) is 2.36. The van der Waals surface area contributed by atoms with Crippen LogP contribution in [0.2, 0.25) is 0 Å². The molecule has 0 aliphatic heterocycles. The Kier molecular flexibility index (Phi) is 8.47. The van der Waals surface area contributed by atoms with Crippen molar-refractivity contribution < 1.29 is 0 Å². The lowest BCUT2D eigenvalue weighted by Gasteiger charge is -2.26. The van der Waals surface area contributed by atoms with E-state index in [4.69, 9.17) is 88.6 Å². The molecule has 0 N–H and O–H groups in total. The molecule has 0 amide bonds. The van der Waals surface area contributed by atoms with Gasteiger partial charge in [0.1, 0.15) is 0 Å². The van der Waals surface area contributed by atoms with Gasteiger partial charge in [-0.2, -0.15) is 0 Å². The Balaban J connectivity index is 2.07. The third-order valence-electron chi connectivity index (χ3n) is 4.31. The molecule has 0 heterocycles. The van der Waals surface area contributed by atoms with E-state index in [1.54, 1.807) is 0 Å². The van der Waals surface area contributed by atoms with Crippen LogP contribution in [0, 0.1) is 0 Å². The van der Waals surface area contributed by atoms with Crippen molar-refractivity contribution in [2.75, 3.05) is 4.90 Å². The van der Waals surface area contributed by atoms with Crippen molar-refractivity contribution in [1.29, 1.82) is 0 Å². The van der Waals surface area contributed by atoms with Gasteiger partial charge in [-0.25, -0.2) is 0 Å². The maximum Gasteiger partial charge on any atom is 0.372 e. The van der Waals surface area contributed by atoms with Gasteiger partial charge in [0, 0.05) is 17.1 Å². The average Bonchev–Trinajstić information content (AvgIpc) is 2.68. The Morgan fingerprint density at radius 2 is 0.800 bits per heavy atom. The van der Waals surface area contributed by atoms with Crippen LogP contribution in [0.4, 0.5) is 17.1 Å². The normalized spacial score (nSPS) is 12.3. The second-order valence-corrected chi connectivity index (χ2v) is 27.7. The summed E-state index contributed by atoms with van der Waals surface area (Å²) in [5.74, 6) is 0. The molecule has 0 unspecified atom stereocenters. The summed E-state index contributed by atoms with van der Waals surface area (Å²) in [4.78, 5) is 2.05. The zero-order valence-corrected chi connectivity index (χ0v) is 24.2. The first kappa shape index (κ1) is 25.1. The molecule has 0 radical (unpaired) electrons. The smallest absolute Gasteiger partial charge is 0.311 e. The van der Waals surface area contributed by atoms with Gasteiger partial charge in [0.15, 0.2) is 0 Å². The van der Waals surface area contributed by atoms with Gasteiger partial charge in [0.25, 0.3) is 7.42 Å². The molecule has 0 saturated heterocycles. The summed E-state index contributed by atoms with van der Waals surface area (Å²) in [6, 6.07) is 16.9. The molecule has 30 heavy (non-hydrogen) atoms. The first-order valence-electron chi connectivity index (χ1n) is 8.49. The minimum atomic E-state index is -2.96. The summed E-state index contributed by atoms with van der Waals surface area (Å²) >= 11 is 49.0. The summed E-state index contributed by atoms with van der Waals surface area (Å²) in [6.45, 7) is 0. The maximum atomic E-state index is 6.13. The molecule has 3 aromatic carbocycles. The fourth-order valence-electron chi connectivity index (χ4n) is 2.82. The highest BCUT2D eigenvalue weighted by Crippen LogP contribution is 2.34. The van der Waals surface area contributed by atoms with Gasteiger partial charge < -0.3 is 4.90 Å². The molecule has 1 nitrogen and oxygen atoms in total. The molecule has 0 bridgehead atoms. The van der Waals surface area contributed by atoms with Crippen LogP contribution in [0.5, 0.6) is 0 Å². The largest absolute Gasteiger partial charge is 0.372 e. The molecule has 0 atom stereocenters.